The van der Waals surface area contributed by atoms with E-state index in [0.717, 1.165) is 27.6 Å². The monoisotopic (exact) mass is 250 g/mol. The molecule has 0 fully saturated rings. The average molecular weight is 250 g/mol. The number of aryl methyl sites for hydroxylation is 1. The number of anilines is 1. The fraction of sp³-hybridized carbons (Fsp3) is 0.250. The number of nitrogens with two attached hydrogens (primary N) is 1. The van der Waals surface area contributed by atoms with Crippen LogP contribution in [0, 0.1) is 6.92 Å². The Morgan fingerprint density at radius 1 is 1.24 bits per heavy atom. The van der Waals surface area contributed by atoms with Crippen LogP contribution in [0.1, 0.15) is 4.88 Å². The number of rotatable bonds is 3. The predicted molar refractivity (Wildman–Crippen MR) is 69.8 cm³/mol. The van der Waals surface area contributed by atoms with Crippen LogP contribution in [-0.4, -0.2) is 19.2 Å². The van der Waals surface area contributed by atoms with Crippen LogP contribution in [0.2, 0.25) is 0 Å². The van der Waals surface area contributed by atoms with Crippen LogP contribution in [0.5, 0.6) is 11.5 Å². The Labute approximate surface area is 104 Å². The summed E-state index contributed by atoms with van der Waals surface area (Å²) in [6.45, 7) is 1.99. The molecule has 1 heterocycles. The maximum absolute atomic E-state index is 5.71. The molecule has 0 saturated heterocycles. The van der Waals surface area contributed by atoms with Crippen molar-refractivity contribution in [3.63, 3.8) is 0 Å². The van der Waals surface area contributed by atoms with Gasteiger partial charge in [0.25, 0.3) is 0 Å². The fourth-order valence-corrected chi connectivity index (χ4v) is 2.36. The summed E-state index contributed by atoms with van der Waals surface area (Å²) in [6, 6.07) is 5.65. The second-order valence-corrected chi connectivity index (χ2v) is 4.76. The van der Waals surface area contributed by atoms with Gasteiger partial charge in [-0.25, -0.2) is 4.98 Å². The van der Waals surface area contributed by atoms with E-state index in [-0.39, 0.29) is 0 Å². The molecular weight excluding hydrogens is 236 g/mol. The van der Waals surface area contributed by atoms with Gasteiger partial charge in [0, 0.05) is 16.5 Å². The highest BCUT2D eigenvalue weighted by atomic mass is 32.1. The Morgan fingerprint density at radius 2 is 2.00 bits per heavy atom. The van der Waals surface area contributed by atoms with Crippen molar-refractivity contribution in [3.8, 4) is 22.8 Å². The molecule has 90 valence electrons. The van der Waals surface area contributed by atoms with Gasteiger partial charge in [-0.3, -0.25) is 0 Å². The van der Waals surface area contributed by atoms with E-state index in [1.807, 2.05) is 25.1 Å². The number of aromatic nitrogens is 1. The minimum Gasteiger partial charge on any atom is -0.497 e. The molecule has 1 aromatic carbocycles. The molecule has 1 aromatic heterocycles. The first-order valence-corrected chi connectivity index (χ1v) is 5.92. The van der Waals surface area contributed by atoms with Crippen molar-refractivity contribution in [1.82, 2.24) is 4.98 Å². The number of thiazole rings is 1. The van der Waals surface area contributed by atoms with E-state index in [4.69, 9.17) is 15.2 Å². The predicted octanol–water partition coefficient (Wildman–Crippen LogP) is 2.72. The lowest BCUT2D eigenvalue weighted by atomic mass is 10.1. The molecule has 5 heteroatoms. The number of benzene rings is 1. The molecule has 0 amide bonds. The minimum absolute atomic E-state index is 0.565. The number of hydrogen-bond acceptors (Lipinski definition) is 5. The van der Waals surface area contributed by atoms with Crippen LogP contribution in [0.4, 0.5) is 5.13 Å². The Balaban J connectivity index is 2.55. The van der Waals surface area contributed by atoms with Crippen molar-refractivity contribution >= 4 is 16.5 Å². The van der Waals surface area contributed by atoms with E-state index in [1.54, 1.807) is 14.2 Å². The molecule has 2 aromatic rings. The molecule has 2 N–H and O–H groups in total. The summed E-state index contributed by atoms with van der Waals surface area (Å²) in [5.74, 6) is 1.49. The summed E-state index contributed by atoms with van der Waals surface area (Å²) < 4.78 is 10.5. The SMILES string of the molecule is COc1ccc(-c2nc(N)sc2C)c(OC)c1. The van der Waals surface area contributed by atoms with E-state index in [0.29, 0.717) is 5.13 Å². The molecule has 0 aliphatic rings. The summed E-state index contributed by atoms with van der Waals surface area (Å²) in [5.41, 5.74) is 7.50. The zero-order valence-corrected chi connectivity index (χ0v) is 10.8. The molecular formula is C12H14N2O2S. The van der Waals surface area contributed by atoms with Crippen LogP contribution in [0.3, 0.4) is 0 Å². The van der Waals surface area contributed by atoms with Crippen LogP contribution in [0.25, 0.3) is 11.3 Å². The van der Waals surface area contributed by atoms with Gasteiger partial charge >= 0.3 is 0 Å². The first-order valence-electron chi connectivity index (χ1n) is 5.11. The largest absolute Gasteiger partial charge is 0.497 e. The summed E-state index contributed by atoms with van der Waals surface area (Å²) >= 11 is 1.47. The van der Waals surface area contributed by atoms with Crippen LogP contribution < -0.4 is 15.2 Å². The summed E-state index contributed by atoms with van der Waals surface area (Å²) in [4.78, 5) is 5.40. The molecule has 0 bridgehead atoms. The first kappa shape index (κ1) is 11.7. The van der Waals surface area contributed by atoms with Gasteiger partial charge < -0.3 is 15.2 Å². The summed E-state index contributed by atoms with van der Waals surface area (Å²) in [6.07, 6.45) is 0. The average Bonchev–Trinajstić information content (AvgIpc) is 2.67. The van der Waals surface area contributed by atoms with Crippen molar-refractivity contribution in [2.45, 2.75) is 6.92 Å². The number of methoxy groups -OCH3 is 2. The zero-order valence-electron chi connectivity index (χ0n) is 9.98. The quantitative estimate of drug-likeness (QED) is 0.910. The third-order valence-corrected chi connectivity index (χ3v) is 3.28. The normalized spacial score (nSPS) is 10.3. The first-order chi connectivity index (χ1) is 8.15. The highest BCUT2D eigenvalue weighted by Gasteiger charge is 2.13. The van der Waals surface area contributed by atoms with E-state index in [2.05, 4.69) is 4.98 Å². The van der Waals surface area contributed by atoms with Gasteiger partial charge in [-0.1, -0.05) is 0 Å². The van der Waals surface area contributed by atoms with Gasteiger partial charge in [-0.15, -0.1) is 11.3 Å². The van der Waals surface area contributed by atoms with Gasteiger partial charge in [0.15, 0.2) is 5.13 Å². The third-order valence-electron chi connectivity index (χ3n) is 2.48. The van der Waals surface area contributed by atoms with Gasteiger partial charge in [0.2, 0.25) is 0 Å². The molecule has 2 rings (SSSR count). The molecule has 0 saturated carbocycles. The van der Waals surface area contributed by atoms with Crippen molar-refractivity contribution in [2.24, 2.45) is 0 Å². The lowest BCUT2D eigenvalue weighted by Gasteiger charge is -2.09. The standard InChI is InChI=1S/C12H14N2O2S/c1-7-11(14-12(13)17-7)9-5-4-8(15-2)6-10(9)16-3/h4-6H,1-3H3,(H2,13,14). The van der Waals surface area contributed by atoms with Gasteiger partial charge in [-0.05, 0) is 19.1 Å². The summed E-state index contributed by atoms with van der Waals surface area (Å²) in [5, 5.41) is 0.565. The van der Waals surface area contributed by atoms with Gasteiger partial charge in [0.1, 0.15) is 11.5 Å². The number of hydrogen-bond donors (Lipinski definition) is 1. The molecule has 0 radical (unpaired) electrons. The van der Waals surface area contributed by atoms with Crippen LogP contribution in [-0.2, 0) is 0 Å². The highest BCUT2D eigenvalue weighted by Crippen LogP contribution is 2.36. The molecule has 0 spiro atoms. The van der Waals surface area contributed by atoms with Crippen LogP contribution >= 0.6 is 11.3 Å². The fourth-order valence-electron chi connectivity index (χ4n) is 1.66. The van der Waals surface area contributed by atoms with Crippen molar-refractivity contribution in [3.05, 3.63) is 23.1 Å². The second kappa shape index (κ2) is 4.63. The number of nitrogen functional groups attached to an aromatic ring is 1. The number of nitrogens with zero attached hydrogens (tertiary/aromatic N) is 1. The lowest BCUT2D eigenvalue weighted by molar-refractivity contribution is 0.395. The van der Waals surface area contributed by atoms with E-state index >= 15 is 0 Å². The Bertz CT molecular complexity index is 537. The molecule has 0 aliphatic carbocycles. The molecule has 4 nitrogen and oxygen atoms in total. The number of ether oxygens (including phenoxy) is 2. The summed E-state index contributed by atoms with van der Waals surface area (Å²) in [7, 11) is 3.25. The highest BCUT2D eigenvalue weighted by molar-refractivity contribution is 7.15. The molecule has 0 atom stereocenters. The molecule has 0 aliphatic heterocycles. The second-order valence-electron chi connectivity index (χ2n) is 3.52. The zero-order chi connectivity index (χ0) is 12.4. The van der Waals surface area contributed by atoms with Crippen molar-refractivity contribution < 1.29 is 9.47 Å². The topological polar surface area (TPSA) is 57.4 Å². The van der Waals surface area contributed by atoms with Crippen LogP contribution in [0.15, 0.2) is 18.2 Å². The maximum atomic E-state index is 5.71. The Kier molecular flexibility index (Phi) is 3.19. The minimum atomic E-state index is 0.565. The van der Waals surface area contributed by atoms with Gasteiger partial charge in [-0.2, -0.15) is 0 Å². The lowest BCUT2D eigenvalue weighted by Crippen LogP contribution is -1.92. The van der Waals surface area contributed by atoms with Crippen molar-refractivity contribution in [1.29, 1.82) is 0 Å². The van der Waals surface area contributed by atoms with Crippen molar-refractivity contribution in [2.75, 3.05) is 20.0 Å². The molecule has 17 heavy (non-hydrogen) atoms. The smallest absolute Gasteiger partial charge is 0.180 e. The van der Waals surface area contributed by atoms with E-state index in [1.165, 1.54) is 11.3 Å². The third kappa shape index (κ3) is 2.19. The maximum Gasteiger partial charge on any atom is 0.180 e. The van der Waals surface area contributed by atoms with E-state index < -0.39 is 0 Å². The Morgan fingerprint density at radius 3 is 2.53 bits per heavy atom. The van der Waals surface area contributed by atoms with E-state index in [9.17, 15) is 0 Å². The Hall–Kier alpha value is -1.75. The molecule has 0 unspecified atom stereocenters. The van der Waals surface area contributed by atoms with Gasteiger partial charge in [0.05, 0.1) is 19.9 Å².